The van der Waals surface area contributed by atoms with E-state index in [2.05, 4.69) is 21.2 Å². The van der Waals surface area contributed by atoms with Crippen molar-refractivity contribution in [2.75, 3.05) is 31.1 Å². The normalized spacial score (nSPS) is 21.6. The third-order valence-electron chi connectivity index (χ3n) is 3.71. The van der Waals surface area contributed by atoms with Crippen LogP contribution in [0.4, 0.5) is 16.2 Å². The van der Waals surface area contributed by atoms with Crippen molar-refractivity contribution in [3.8, 4) is 0 Å². The van der Waals surface area contributed by atoms with Gasteiger partial charge >= 0.3 is 6.03 Å². The van der Waals surface area contributed by atoms with Gasteiger partial charge in [0.25, 0.3) is 5.69 Å². The number of carbonyl (C=O) groups excluding carboxylic acids is 1. The summed E-state index contributed by atoms with van der Waals surface area (Å²) in [4.78, 5) is 26.1. The summed E-state index contributed by atoms with van der Waals surface area (Å²) in [5.74, 6) is 0. The molecule has 2 aliphatic rings. The molecule has 7 nitrogen and oxygen atoms in total. The second-order valence-electron chi connectivity index (χ2n) is 4.87. The molecule has 0 spiro atoms. The first-order chi connectivity index (χ1) is 9.56. The molecule has 0 unspecified atom stereocenters. The Morgan fingerprint density at radius 2 is 2.20 bits per heavy atom. The minimum atomic E-state index is -0.371. The zero-order chi connectivity index (χ0) is 14.3. The number of nitrogens with zero attached hydrogens (tertiary/aromatic N) is 3. The number of nitrogens with one attached hydrogen (secondary N) is 1. The molecule has 2 fully saturated rings. The second-order valence-corrected chi connectivity index (χ2v) is 5.79. The number of piperazine rings is 1. The molecule has 1 atom stereocenters. The Hall–Kier alpha value is -1.83. The van der Waals surface area contributed by atoms with Crippen LogP contribution in [0, 0.1) is 10.1 Å². The fourth-order valence-corrected chi connectivity index (χ4v) is 3.08. The van der Waals surface area contributed by atoms with Crippen molar-refractivity contribution < 1.29 is 9.72 Å². The van der Waals surface area contributed by atoms with Crippen LogP contribution in [0.3, 0.4) is 0 Å². The summed E-state index contributed by atoms with van der Waals surface area (Å²) in [7, 11) is 0. The number of rotatable bonds is 2. The molecule has 0 aliphatic carbocycles. The maximum atomic E-state index is 11.6. The van der Waals surface area contributed by atoms with Crippen LogP contribution in [0.25, 0.3) is 0 Å². The lowest BCUT2D eigenvalue weighted by molar-refractivity contribution is -0.384. The highest BCUT2D eigenvalue weighted by Gasteiger charge is 2.36. The van der Waals surface area contributed by atoms with Crippen molar-refractivity contribution in [2.24, 2.45) is 0 Å². The van der Waals surface area contributed by atoms with Gasteiger partial charge < -0.3 is 15.1 Å². The van der Waals surface area contributed by atoms with Crippen LogP contribution in [-0.4, -0.2) is 48.1 Å². The Bertz CT molecular complexity index is 580. The quantitative estimate of drug-likeness (QED) is 0.654. The Morgan fingerprint density at radius 3 is 2.95 bits per heavy atom. The first-order valence-electron chi connectivity index (χ1n) is 6.29. The predicted octanol–water partition coefficient (Wildman–Crippen LogP) is 1.57. The third-order valence-corrected chi connectivity index (χ3v) is 4.20. The molecular formula is C12H13BrN4O3. The van der Waals surface area contributed by atoms with Gasteiger partial charge in [0.1, 0.15) is 5.69 Å². The molecule has 2 saturated heterocycles. The number of anilines is 1. The SMILES string of the molecule is O=C1NC[C@@H]2CN(c3ccc(Br)cc3[N+](=O)[O-])CCN12. The zero-order valence-corrected chi connectivity index (χ0v) is 12.2. The average Bonchev–Trinajstić information content (AvgIpc) is 2.80. The van der Waals surface area contributed by atoms with Gasteiger partial charge in [-0.05, 0) is 12.1 Å². The highest BCUT2D eigenvalue weighted by molar-refractivity contribution is 9.10. The Balaban J connectivity index is 1.87. The van der Waals surface area contributed by atoms with Gasteiger partial charge in [-0.25, -0.2) is 4.79 Å². The van der Waals surface area contributed by atoms with Gasteiger partial charge in [0, 0.05) is 36.7 Å². The number of nitro groups is 1. The topological polar surface area (TPSA) is 78.7 Å². The number of amides is 2. The fraction of sp³-hybridized carbons (Fsp3) is 0.417. The Labute approximate surface area is 123 Å². The molecule has 1 aromatic rings. The molecule has 0 saturated carbocycles. The van der Waals surface area contributed by atoms with Crippen molar-refractivity contribution >= 4 is 33.3 Å². The summed E-state index contributed by atoms with van der Waals surface area (Å²) in [6, 6.07) is 5.11. The number of fused-ring (bicyclic) bond motifs is 1. The van der Waals surface area contributed by atoms with Crippen molar-refractivity contribution in [3.63, 3.8) is 0 Å². The highest BCUT2D eigenvalue weighted by Crippen LogP contribution is 2.32. The summed E-state index contributed by atoms with van der Waals surface area (Å²) >= 11 is 3.26. The van der Waals surface area contributed by atoms with Crippen molar-refractivity contribution in [1.29, 1.82) is 0 Å². The lowest BCUT2D eigenvalue weighted by atomic mass is 10.1. The lowest BCUT2D eigenvalue weighted by Gasteiger charge is -2.37. The van der Waals surface area contributed by atoms with Gasteiger partial charge in [0.15, 0.2) is 0 Å². The first-order valence-corrected chi connectivity index (χ1v) is 7.09. The standard InChI is InChI=1S/C12H13BrN4O3/c13-8-1-2-10(11(5-8)17(19)20)15-3-4-16-9(7-15)6-14-12(16)18/h1-2,5,9H,3-4,6-7H2,(H,14,18)/t9-/m1/s1. The Kier molecular flexibility index (Phi) is 3.25. The second kappa shape index (κ2) is 4.93. The molecule has 2 aliphatic heterocycles. The maximum absolute atomic E-state index is 11.6. The van der Waals surface area contributed by atoms with E-state index in [9.17, 15) is 14.9 Å². The molecule has 1 N–H and O–H groups in total. The van der Waals surface area contributed by atoms with E-state index < -0.39 is 0 Å². The van der Waals surface area contributed by atoms with Crippen molar-refractivity contribution in [3.05, 3.63) is 32.8 Å². The van der Waals surface area contributed by atoms with E-state index in [1.165, 1.54) is 6.07 Å². The molecule has 106 valence electrons. The monoisotopic (exact) mass is 340 g/mol. The average molecular weight is 341 g/mol. The van der Waals surface area contributed by atoms with Crippen molar-refractivity contribution in [1.82, 2.24) is 10.2 Å². The van der Waals surface area contributed by atoms with E-state index >= 15 is 0 Å². The molecule has 1 aromatic carbocycles. The van der Waals surface area contributed by atoms with Crippen molar-refractivity contribution in [2.45, 2.75) is 6.04 Å². The van der Waals surface area contributed by atoms with E-state index in [4.69, 9.17) is 0 Å². The molecule has 3 rings (SSSR count). The predicted molar refractivity (Wildman–Crippen MR) is 76.9 cm³/mol. The van der Waals surface area contributed by atoms with Crippen LogP contribution in [0.1, 0.15) is 0 Å². The zero-order valence-electron chi connectivity index (χ0n) is 10.6. The van der Waals surface area contributed by atoms with Gasteiger partial charge in [-0.1, -0.05) is 15.9 Å². The van der Waals surface area contributed by atoms with Crippen LogP contribution in [0.5, 0.6) is 0 Å². The number of hydrogen-bond acceptors (Lipinski definition) is 4. The molecule has 2 heterocycles. The van der Waals surface area contributed by atoms with Crippen LogP contribution in [0.2, 0.25) is 0 Å². The first kappa shape index (κ1) is 13.2. The van der Waals surface area contributed by atoms with E-state index in [-0.39, 0.29) is 22.7 Å². The van der Waals surface area contributed by atoms with Gasteiger partial charge in [-0.15, -0.1) is 0 Å². The summed E-state index contributed by atoms with van der Waals surface area (Å²) in [6.07, 6.45) is 0. The molecule has 2 amide bonds. The summed E-state index contributed by atoms with van der Waals surface area (Å²) in [5.41, 5.74) is 0.697. The van der Waals surface area contributed by atoms with Gasteiger partial charge in [-0.2, -0.15) is 0 Å². The van der Waals surface area contributed by atoms with Crippen LogP contribution >= 0.6 is 15.9 Å². The van der Waals surface area contributed by atoms with Gasteiger partial charge in [0.05, 0.1) is 11.0 Å². The fourth-order valence-electron chi connectivity index (χ4n) is 2.73. The molecule has 0 bridgehead atoms. The van der Waals surface area contributed by atoms with Gasteiger partial charge in [-0.3, -0.25) is 10.1 Å². The number of hydrogen-bond donors (Lipinski definition) is 1. The minimum Gasteiger partial charge on any atom is -0.362 e. The number of urea groups is 1. The molecule has 0 radical (unpaired) electrons. The lowest BCUT2D eigenvalue weighted by Crippen LogP contribution is -2.52. The number of halogens is 1. The number of nitro benzene ring substituents is 1. The Morgan fingerprint density at radius 1 is 1.40 bits per heavy atom. The molecule has 8 heteroatoms. The third kappa shape index (κ3) is 2.20. The molecule has 20 heavy (non-hydrogen) atoms. The van der Waals surface area contributed by atoms with E-state index in [0.717, 1.165) is 0 Å². The summed E-state index contributed by atoms with van der Waals surface area (Å²) in [5, 5.41) is 14.0. The van der Waals surface area contributed by atoms with E-state index in [1.807, 2.05) is 4.90 Å². The molecular weight excluding hydrogens is 328 g/mol. The maximum Gasteiger partial charge on any atom is 0.317 e. The largest absolute Gasteiger partial charge is 0.362 e. The summed E-state index contributed by atoms with van der Waals surface area (Å²) in [6.45, 7) is 2.40. The smallest absolute Gasteiger partial charge is 0.317 e. The minimum absolute atomic E-state index is 0.0417. The van der Waals surface area contributed by atoms with Crippen LogP contribution in [-0.2, 0) is 0 Å². The highest BCUT2D eigenvalue weighted by atomic mass is 79.9. The number of carbonyl (C=O) groups is 1. The van der Waals surface area contributed by atoms with Crippen LogP contribution < -0.4 is 10.2 Å². The van der Waals surface area contributed by atoms with E-state index in [1.54, 1.807) is 17.0 Å². The summed E-state index contributed by atoms with van der Waals surface area (Å²) < 4.78 is 0.685. The van der Waals surface area contributed by atoms with E-state index in [0.29, 0.717) is 36.3 Å². The molecule has 0 aromatic heterocycles. The van der Waals surface area contributed by atoms with Gasteiger partial charge in [0.2, 0.25) is 0 Å². The van der Waals surface area contributed by atoms with Crippen LogP contribution in [0.15, 0.2) is 22.7 Å². The number of benzene rings is 1.